The van der Waals surface area contributed by atoms with E-state index in [4.69, 9.17) is 14.4 Å². The van der Waals surface area contributed by atoms with Gasteiger partial charge in [-0.3, -0.25) is 0 Å². The van der Waals surface area contributed by atoms with Crippen LogP contribution < -0.4 is 9.64 Å². The molecule has 3 rings (SSSR count). The Morgan fingerprint density at radius 2 is 2.00 bits per heavy atom. The largest absolute Gasteiger partial charge is 0.492 e. The Morgan fingerprint density at radius 1 is 1.25 bits per heavy atom. The summed E-state index contributed by atoms with van der Waals surface area (Å²) in [6, 6.07) is 17.0. The molecule has 28 heavy (non-hydrogen) atoms. The van der Waals surface area contributed by atoms with Crippen LogP contribution in [0.15, 0.2) is 58.5 Å². The molecule has 0 radical (unpaired) electrons. The molecule has 0 aliphatic rings. The molecular formula is C21H19N3O4. The van der Waals surface area contributed by atoms with Gasteiger partial charge in [-0.25, -0.2) is 4.79 Å². The SMILES string of the molecule is COC(=O)/C(C#N)=C/c1ccc(OCCN(C)c2nc3ccccc3o2)cc1. The zero-order valence-corrected chi connectivity index (χ0v) is 15.6. The number of esters is 1. The molecule has 2 aromatic carbocycles. The van der Waals surface area contributed by atoms with E-state index < -0.39 is 5.97 Å². The zero-order valence-electron chi connectivity index (χ0n) is 15.6. The van der Waals surface area contributed by atoms with Crippen LogP contribution in [-0.4, -0.2) is 38.3 Å². The highest BCUT2D eigenvalue weighted by atomic mass is 16.5. The molecule has 0 aliphatic carbocycles. The summed E-state index contributed by atoms with van der Waals surface area (Å²) in [7, 11) is 3.13. The number of rotatable bonds is 7. The third kappa shape index (κ3) is 4.48. The van der Waals surface area contributed by atoms with Crippen LogP contribution in [0.2, 0.25) is 0 Å². The predicted molar refractivity (Wildman–Crippen MR) is 105 cm³/mol. The first kappa shape index (κ1) is 19.0. The minimum absolute atomic E-state index is 0.0591. The molecule has 7 heteroatoms. The van der Waals surface area contributed by atoms with E-state index in [1.165, 1.54) is 13.2 Å². The van der Waals surface area contributed by atoms with Crippen LogP contribution in [0.5, 0.6) is 5.75 Å². The van der Waals surface area contributed by atoms with Crippen molar-refractivity contribution in [3.8, 4) is 11.8 Å². The average molecular weight is 377 g/mol. The summed E-state index contributed by atoms with van der Waals surface area (Å²) in [5.74, 6) is 0.0183. The van der Waals surface area contributed by atoms with Gasteiger partial charge >= 0.3 is 5.97 Å². The normalized spacial score (nSPS) is 11.1. The number of carbonyl (C=O) groups is 1. The van der Waals surface area contributed by atoms with Crippen molar-refractivity contribution in [1.29, 1.82) is 5.26 Å². The molecule has 1 aromatic heterocycles. The van der Waals surface area contributed by atoms with E-state index >= 15 is 0 Å². The highest BCUT2D eigenvalue weighted by Crippen LogP contribution is 2.20. The summed E-state index contributed by atoms with van der Waals surface area (Å²) in [6.45, 7) is 1.03. The van der Waals surface area contributed by atoms with E-state index in [1.54, 1.807) is 24.3 Å². The quantitative estimate of drug-likeness (QED) is 0.354. The first-order chi connectivity index (χ1) is 13.6. The van der Waals surface area contributed by atoms with Gasteiger partial charge in [0.15, 0.2) is 5.58 Å². The van der Waals surface area contributed by atoms with E-state index in [0.29, 0.717) is 30.5 Å². The molecule has 0 amide bonds. The molecule has 142 valence electrons. The van der Waals surface area contributed by atoms with Crippen molar-refractivity contribution in [3.05, 3.63) is 59.7 Å². The molecule has 0 saturated carbocycles. The number of hydrogen-bond donors (Lipinski definition) is 0. The number of likely N-dealkylation sites (N-methyl/N-ethyl adjacent to an activating group) is 1. The third-order valence-corrected chi connectivity index (χ3v) is 4.02. The highest BCUT2D eigenvalue weighted by Gasteiger charge is 2.10. The predicted octanol–water partition coefficient (Wildman–Crippen LogP) is 3.42. The van der Waals surface area contributed by atoms with E-state index in [1.807, 2.05) is 42.3 Å². The van der Waals surface area contributed by atoms with Gasteiger partial charge in [-0.05, 0) is 35.9 Å². The maximum atomic E-state index is 11.4. The lowest BCUT2D eigenvalue weighted by Gasteiger charge is -2.14. The van der Waals surface area contributed by atoms with Gasteiger partial charge in [0.05, 0.1) is 13.7 Å². The lowest BCUT2D eigenvalue weighted by molar-refractivity contribution is -0.135. The fourth-order valence-electron chi connectivity index (χ4n) is 2.49. The maximum Gasteiger partial charge on any atom is 0.348 e. The van der Waals surface area contributed by atoms with Gasteiger partial charge in [0.1, 0.15) is 29.5 Å². The lowest BCUT2D eigenvalue weighted by Crippen LogP contribution is -2.23. The van der Waals surface area contributed by atoms with E-state index in [0.717, 1.165) is 11.1 Å². The van der Waals surface area contributed by atoms with Gasteiger partial charge in [-0.1, -0.05) is 24.3 Å². The van der Waals surface area contributed by atoms with Gasteiger partial charge in [-0.15, -0.1) is 0 Å². The van der Waals surface area contributed by atoms with Crippen LogP contribution in [0.1, 0.15) is 5.56 Å². The Balaban J connectivity index is 1.55. The molecule has 0 atom stereocenters. The average Bonchev–Trinajstić information content (AvgIpc) is 3.17. The summed E-state index contributed by atoms with van der Waals surface area (Å²) in [6.07, 6.45) is 1.47. The molecular weight excluding hydrogens is 358 g/mol. The third-order valence-electron chi connectivity index (χ3n) is 4.02. The van der Waals surface area contributed by atoms with Crippen LogP contribution in [0.3, 0.4) is 0 Å². The van der Waals surface area contributed by atoms with Crippen LogP contribution >= 0.6 is 0 Å². The molecule has 0 bridgehead atoms. The fourth-order valence-corrected chi connectivity index (χ4v) is 2.49. The van der Waals surface area contributed by atoms with Crippen molar-refractivity contribution in [3.63, 3.8) is 0 Å². The molecule has 0 aliphatic heterocycles. The first-order valence-electron chi connectivity index (χ1n) is 8.60. The number of nitrogens with zero attached hydrogens (tertiary/aromatic N) is 3. The van der Waals surface area contributed by atoms with Crippen molar-refractivity contribution >= 4 is 29.2 Å². The smallest absolute Gasteiger partial charge is 0.348 e. The van der Waals surface area contributed by atoms with E-state index in [9.17, 15) is 4.79 Å². The van der Waals surface area contributed by atoms with Gasteiger partial charge in [0, 0.05) is 7.05 Å². The first-order valence-corrected chi connectivity index (χ1v) is 8.60. The molecule has 0 unspecified atom stereocenters. The number of oxazole rings is 1. The Kier molecular flexibility index (Phi) is 5.92. The van der Waals surface area contributed by atoms with Crippen LogP contribution in [0, 0.1) is 11.3 Å². The van der Waals surface area contributed by atoms with Gasteiger partial charge < -0.3 is 18.8 Å². The molecule has 0 saturated heterocycles. The number of nitriles is 1. The summed E-state index contributed by atoms with van der Waals surface area (Å²) in [5, 5.41) is 8.99. The van der Waals surface area contributed by atoms with E-state index in [2.05, 4.69) is 9.72 Å². The van der Waals surface area contributed by atoms with E-state index in [-0.39, 0.29) is 5.57 Å². The minimum atomic E-state index is -0.662. The van der Waals surface area contributed by atoms with Crippen molar-refractivity contribution in [1.82, 2.24) is 4.98 Å². The molecule has 7 nitrogen and oxygen atoms in total. The number of benzene rings is 2. The Bertz CT molecular complexity index is 999. The fraction of sp³-hybridized carbons (Fsp3) is 0.190. The highest BCUT2D eigenvalue weighted by molar-refractivity contribution is 5.97. The number of methoxy groups -OCH3 is 1. The molecule has 0 fully saturated rings. The van der Waals surface area contributed by atoms with Gasteiger partial charge in [0.2, 0.25) is 0 Å². The van der Waals surface area contributed by atoms with Crippen molar-refractivity contribution in [2.24, 2.45) is 0 Å². The maximum absolute atomic E-state index is 11.4. The Morgan fingerprint density at radius 3 is 2.68 bits per heavy atom. The van der Waals surface area contributed by atoms with Gasteiger partial charge in [0.25, 0.3) is 6.01 Å². The van der Waals surface area contributed by atoms with Crippen molar-refractivity contribution in [2.75, 3.05) is 32.2 Å². The number of para-hydroxylation sites is 2. The molecule has 3 aromatic rings. The van der Waals surface area contributed by atoms with Crippen LogP contribution in [0.4, 0.5) is 6.01 Å². The van der Waals surface area contributed by atoms with Crippen molar-refractivity contribution < 1.29 is 18.7 Å². The zero-order chi connectivity index (χ0) is 19.9. The Hall–Kier alpha value is -3.79. The van der Waals surface area contributed by atoms with Crippen LogP contribution in [-0.2, 0) is 9.53 Å². The summed E-state index contributed by atoms with van der Waals surface area (Å²) in [4.78, 5) is 17.8. The summed E-state index contributed by atoms with van der Waals surface area (Å²) >= 11 is 0. The molecule has 1 heterocycles. The number of aromatic nitrogens is 1. The summed E-state index contributed by atoms with van der Waals surface area (Å²) in [5.41, 5.74) is 2.21. The van der Waals surface area contributed by atoms with Crippen LogP contribution in [0.25, 0.3) is 17.2 Å². The monoisotopic (exact) mass is 377 g/mol. The number of anilines is 1. The molecule has 0 N–H and O–H groups in total. The number of hydrogen-bond acceptors (Lipinski definition) is 7. The number of carbonyl (C=O) groups excluding carboxylic acids is 1. The lowest BCUT2D eigenvalue weighted by atomic mass is 10.1. The number of fused-ring (bicyclic) bond motifs is 1. The minimum Gasteiger partial charge on any atom is -0.492 e. The summed E-state index contributed by atoms with van der Waals surface area (Å²) < 4.78 is 16.0. The second-order valence-corrected chi connectivity index (χ2v) is 5.96. The van der Waals surface area contributed by atoms with Gasteiger partial charge in [-0.2, -0.15) is 10.2 Å². The second-order valence-electron chi connectivity index (χ2n) is 5.96. The number of ether oxygens (including phenoxy) is 2. The molecule has 0 spiro atoms. The Labute approximate surface area is 162 Å². The second kappa shape index (κ2) is 8.73. The standard InChI is InChI=1S/C21H19N3O4/c1-24(21-23-18-5-3-4-6-19(18)28-21)11-12-27-17-9-7-15(8-10-17)13-16(14-22)20(25)26-2/h3-10,13H,11-12H2,1-2H3/b16-13+. The topological polar surface area (TPSA) is 88.6 Å². The van der Waals surface area contributed by atoms with Crippen molar-refractivity contribution in [2.45, 2.75) is 0 Å².